The number of halogens is 1. The number of hydrogen-bond donors (Lipinski definition) is 1. The lowest BCUT2D eigenvalue weighted by Crippen LogP contribution is -2.15. The molecule has 0 radical (unpaired) electrons. The van der Waals surface area contributed by atoms with Crippen LogP contribution in [0.1, 0.15) is 27.3 Å². The third-order valence-electron chi connectivity index (χ3n) is 3.89. The molecule has 1 amide bonds. The topological polar surface area (TPSA) is 64.7 Å². The highest BCUT2D eigenvalue weighted by Gasteiger charge is 2.16. The van der Waals surface area contributed by atoms with E-state index >= 15 is 0 Å². The zero-order chi connectivity index (χ0) is 17.3. The van der Waals surface area contributed by atoms with E-state index in [0.717, 1.165) is 22.6 Å². The summed E-state index contributed by atoms with van der Waals surface area (Å²) >= 11 is 5.88. The number of hydrogen-bond acceptors (Lipinski definition) is 3. The fraction of sp³-hybridized carbons (Fsp3) is 0.235. The van der Waals surface area contributed by atoms with Gasteiger partial charge in [-0.3, -0.25) is 4.79 Å². The third-order valence-corrected chi connectivity index (χ3v) is 4.09. The summed E-state index contributed by atoms with van der Waals surface area (Å²) in [5, 5.41) is 12.2. The number of carbonyl (C=O) groups is 1. The minimum absolute atomic E-state index is 0.138. The first-order chi connectivity index (χ1) is 11.5. The predicted molar refractivity (Wildman–Crippen MR) is 93.5 cm³/mol. The number of carbonyl (C=O) groups excluding carboxylic acids is 1. The van der Waals surface area contributed by atoms with E-state index in [-0.39, 0.29) is 5.91 Å². The van der Waals surface area contributed by atoms with E-state index in [2.05, 4.69) is 15.5 Å². The Kier molecular flexibility index (Phi) is 4.40. The quantitative estimate of drug-likeness (QED) is 0.789. The molecule has 1 N–H and O–H groups in total. The van der Waals surface area contributed by atoms with E-state index in [4.69, 9.17) is 11.6 Å². The van der Waals surface area contributed by atoms with Gasteiger partial charge in [0.25, 0.3) is 5.91 Å². The second-order valence-corrected chi connectivity index (χ2v) is 6.09. The number of aryl methyl sites for hydroxylation is 2. The summed E-state index contributed by atoms with van der Waals surface area (Å²) in [6, 6.07) is 7.49. The molecule has 7 heteroatoms. The van der Waals surface area contributed by atoms with Gasteiger partial charge in [0.05, 0.1) is 28.3 Å². The molecule has 0 fully saturated rings. The van der Waals surface area contributed by atoms with Crippen LogP contribution < -0.4 is 5.32 Å². The molecular weight excluding hydrogens is 326 g/mol. The van der Waals surface area contributed by atoms with Gasteiger partial charge in [0.2, 0.25) is 0 Å². The number of nitrogens with one attached hydrogen (secondary N) is 1. The van der Waals surface area contributed by atoms with E-state index in [1.54, 1.807) is 21.8 Å². The van der Waals surface area contributed by atoms with Gasteiger partial charge in [-0.15, -0.1) is 0 Å². The first-order valence-corrected chi connectivity index (χ1v) is 7.92. The Bertz CT molecular complexity index is 896. The molecule has 0 aliphatic heterocycles. The molecule has 0 unspecified atom stereocenters. The summed E-state index contributed by atoms with van der Waals surface area (Å²) in [4.78, 5) is 12.5. The highest BCUT2D eigenvalue weighted by molar-refractivity contribution is 6.30. The van der Waals surface area contributed by atoms with Crippen molar-refractivity contribution in [1.82, 2.24) is 19.6 Å². The van der Waals surface area contributed by atoms with Gasteiger partial charge >= 0.3 is 0 Å². The normalized spacial score (nSPS) is 10.8. The lowest BCUT2D eigenvalue weighted by atomic mass is 10.1. The van der Waals surface area contributed by atoms with Crippen LogP contribution >= 0.6 is 11.6 Å². The van der Waals surface area contributed by atoms with Gasteiger partial charge in [0.15, 0.2) is 0 Å². The van der Waals surface area contributed by atoms with Crippen molar-refractivity contribution in [3.05, 3.63) is 64.2 Å². The monoisotopic (exact) mass is 343 g/mol. The van der Waals surface area contributed by atoms with Gasteiger partial charge in [-0.05, 0) is 32.4 Å². The highest BCUT2D eigenvalue weighted by Crippen LogP contribution is 2.21. The molecule has 2 aromatic heterocycles. The molecular formula is C17H18ClN5O. The Morgan fingerprint density at radius 3 is 2.67 bits per heavy atom. The molecule has 3 aromatic rings. The third kappa shape index (κ3) is 3.19. The Balaban J connectivity index is 1.84. The molecule has 3 rings (SSSR count). The summed E-state index contributed by atoms with van der Waals surface area (Å²) in [5.74, 6) is -0.138. The van der Waals surface area contributed by atoms with E-state index in [9.17, 15) is 4.79 Å². The summed E-state index contributed by atoms with van der Waals surface area (Å²) in [5.41, 5.74) is 3.93. The Labute approximate surface area is 145 Å². The maximum absolute atomic E-state index is 12.5. The smallest absolute Gasteiger partial charge is 0.256 e. The predicted octanol–water partition coefficient (Wildman–Crippen LogP) is 3.42. The fourth-order valence-corrected chi connectivity index (χ4v) is 2.73. The average Bonchev–Trinajstić information content (AvgIpc) is 3.06. The molecule has 24 heavy (non-hydrogen) atoms. The molecule has 1 aromatic carbocycles. The van der Waals surface area contributed by atoms with Crippen molar-refractivity contribution in [3.8, 4) is 0 Å². The largest absolute Gasteiger partial charge is 0.319 e. The average molecular weight is 344 g/mol. The van der Waals surface area contributed by atoms with Gasteiger partial charge in [-0.1, -0.05) is 29.8 Å². The van der Waals surface area contributed by atoms with Crippen molar-refractivity contribution in [2.75, 3.05) is 5.32 Å². The first kappa shape index (κ1) is 16.3. The number of rotatable bonds is 4. The highest BCUT2D eigenvalue weighted by atomic mass is 35.5. The van der Waals surface area contributed by atoms with Gasteiger partial charge in [0.1, 0.15) is 6.67 Å². The summed E-state index contributed by atoms with van der Waals surface area (Å²) in [6.45, 7) is 6.13. The molecule has 124 valence electrons. The minimum Gasteiger partial charge on any atom is -0.319 e. The van der Waals surface area contributed by atoms with Crippen LogP contribution in [0.4, 0.5) is 5.69 Å². The van der Waals surface area contributed by atoms with Crippen LogP contribution in [-0.2, 0) is 6.67 Å². The van der Waals surface area contributed by atoms with E-state index in [0.29, 0.717) is 17.3 Å². The minimum atomic E-state index is -0.138. The van der Waals surface area contributed by atoms with Crippen LogP contribution in [0, 0.1) is 20.8 Å². The van der Waals surface area contributed by atoms with Crippen LogP contribution in [0.15, 0.2) is 36.7 Å². The zero-order valence-electron chi connectivity index (χ0n) is 13.7. The van der Waals surface area contributed by atoms with Gasteiger partial charge in [-0.25, -0.2) is 9.36 Å². The number of amides is 1. The molecule has 0 aliphatic rings. The fourth-order valence-electron chi connectivity index (χ4n) is 2.58. The molecule has 0 bridgehead atoms. The van der Waals surface area contributed by atoms with Crippen molar-refractivity contribution in [2.45, 2.75) is 27.4 Å². The molecule has 0 aliphatic carbocycles. The Morgan fingerprint density at radius 2 is 2.00 bits per heavy atom. The maximum atomic E-state index is 12.5. The SMILES string of the molecule is Cc1ccccc1C(=O)Nc1c(C)nn(Cn2cc(Cl)cn2)c1C. The van der Waals surface area contributed by atoms with Gasteiger partial charge < -0.3 is 5.32 Å². The van der Waals surface area contributed by atoms with Crippen LogP contribution in [0.5, 0.6) is 0 Å². The first-order valence-electron chi connectivity index (χ1n) is 7.54. The maximum Gasteiger partial charge on any atom is 0.256 e. The van der Waals surface area contributed by atoms with Crippen LogP contribution in [0.25, 0.3) is 0 Å². The molecule has 0 saturated heterocycles. The number of benzene rings is 1. The van der Waals surface area contributed by atoms with E-state index < -0.39 is 0 Å². The number of nitrogens with zero attached hydrogens (tertiary/aromatic N) is 4. The van der Waals surface area contributed by atoms with Crippen molar-refractivity contribution in [3.63, 3.8) is 0 Å². The standard InChI is InChI=1S/C17H18ClN5O/c1-11-6-4-5-7-15(11)17(24)20-16-12(2)21-23(13(16)3)10-22-9-14(18)8-19-22/h4-9H,10H2,1-3H3,(H,20,24). The van der Waals surface area contributed by atoms with Crippen LogP contribution in [-0.4, -0.2) is 25.5 Å². The Morgan fingerprint density at radius 1 is 1.25 bits per heavy atom. The van der Waals surface area contributed by atoms with Gasteiger partial charge in [-0.2, -0.15) is 10.2 Å². The second-order valence-electron chi connectivity index (χ2n) is 5.65. The van der Waals surface area contributed by atoms with Crippen molar-refractivity contribution in [1.29, 1.82) is 0 Å². The van der Waals surface area contributed by atoms with E-state index in [1.807, 2.05) is 45.0 Å². The Hall–Kier alpha value is -2.60. The molecule has 0 saturated carbocycles. The van der Waals surface area contributed by atoms with Crippen LogP contribution in [0.2, 0.25) is 5.02 Å². The number of aromatic nitrogens is 4. The van der Waals surface area contributed by atoms with Crippen molar-refractivity contribution in [2.24, 2.45) is 0 Å². The van der Waals surface area contributed by atoms with Crippen LogP contribution in [0.3, 0.4) is 0 Å². The molecule has 6 nitrogen and oxygen atoms in total. The second kappa shape index (κ2) is 6.49. The molecule has 2 heterocycles. The van der Waals surface area contributed by atoms with Crippen molar-refractivity contribution >= 4 is 23.2 Å². The molecule has 0 atom stereocenters. The van der Waals surface area contributed by atoms with E-state index in [1.165, 1.54) is 0 Å². The summed E-state index contributed by atoms with van der Waals surface area (Å²) < 4.78 is 3.47. The van der Waals surface area contributed by atoms with Gasteiger partial charge in [0, 0.05) is 11.8 Å². The zero-order valence-corrected chi connectivity index (χ0v) is 14.5. The number of anilines is 1. The summed E-state index contributed by atoms with van der Waals surface area (Å²) in [7, 11) is 0. The lowest BCUT2D eigenvalue weighted by molar-refractivity contribution is 0.102. The molecule has 0 spiro atoms. The van der Waals surface area contributed by atoms with Crippen molar-refractivity contribution < 1.29 is 4.79 Å². The summed E-state index contributed by atoms with van der Waals surface area (Å²) in [6.07, 6.45) is 3.30. The lowest BCUT2D eigenvalue weighted by Gasteiger charge is -2.09.